The van der Waals surface area contributed by atoms with Gasteiger partial charge in [0.05, 0.1) is 22.9 Å². The summed E-state index contributed by atoms with van der Waals surface area (Å²) in [7, 11) is 0. The van der Waals surface area contributed by atoms with Gasteiger partial charge in [-0.15, -0.1) is 0 Å². The van der Waals surface area contributed by atoms with Crippen LogP contribution in [0.1, 0.15) is 0 Å². The first-order valence-electron chi connectivity index (χ1n) is 22.8. The maximum Gasteiger partial charge on any atom is 0.143 e. The van der Waals surface area contributed by atoms with E-state index in [1.807, 2.05) is 6.20 Å². The lowest BCUT2D eigenvalue weighted by molar-refractivity contribution is 0.670. The molecule has 0 atom stereocenters. The number of rotatable bonds is 7. The van der Waals surface area contributed by atoms with Gasteiger partial charge in [-0.25, -0.2) is 4.98 Å². The summed E-state index contributed by atoms with van der Waals surface area (Å²) in [5, 5.41) is 6.76. The van der Waals surface area contributed by atoms with E-state index < -0.39 is 0 Å². The van der Waals surface area contributed by atoms with Crippen LogP contribution in [0, 0.1) is 0 Å². The summed E-state index contributed by atoms with van der Waals surface area (Å²) < 4.78 is 6.91. The van der Waals surface area contributed by atoms with Crippen molar-refractivity contribution in [3.8, 4) is 78.0 Å². The zero-order chi connectivity index (χ0) is 44.3. The normalized spacial score (nSPS) is 11.6. The summed E-state index contributed by atoms with van der Waals surface area (Å²) >= 11 is 0. The minimum Gasteiger partial charge on any atom is -0.455 e. The van der Waals surface area contributed by atoms with Crippen molar-refractivity contribution in [1.29, 1.82) is 0 Å². The topological polar surface area (TPSA) is 38.9 Å². The standard InChI is InChI=1S/C64H40N2O/c1-3-15-41(16-4-1)43-19-11-21-45(33-43)49-31-32-61-58(37-49)59-39-52(48-24-12-20-44(34-48)42-17-5-2-6-18-42)38-57(64(59)67-61)50-25-13-22-46(35-50)47-23-14-26-51(36-47)60-40-65-62-55-29-9-7-27-53(55)54-28-8-10-30-56(54)63(62)66-60/h1-40H. The number of hydrogen-bond donors (Lipinski definition) is 0. The third kappa shape index (κ3) is 6.84. The van der Waals surface area contributed by atoms with Crippen LogP contribution in [0.15, 0.2) is 247 Å². The molecule has 13 aromatic rings. The Morgan fingerprint density at radius 2 is 0.701 bits per heavy atom. The quantitative estimate of drug-likeness (QED) is 0.150. The number of hydrogen-bond acceptors (Lipinski definition) is 3. The van der Waals surface area contributed by atoms with E-state index in [2.05, 4.69) is 237 Å². The van der Waals surface area contributed by atoms with E-state index in [1.54, 1.807) is 0 Å². The zero-order valence-corrected chi connectivity index (χ0v) is 36.4. The summed E-state index contributed by atoms with van der Waals surface area (Å²) in [6.07, 6.45) is 1.92. The Bertz CT molecular complexity index is 4000. The third-order valence-corrected chi connectivity index (χ3v) is 13.3. The number of nitrogens with zero attached hydrogens (tertiary/aromatic N) is 2. The van der Waals surface area contributed by atoms with Gasteiger partial charge >= 0.3 is 0 Å². The molecule has 0 aliphatic rings. The van der Waals surface area contributed by atoms with Gasteiger partial charge in [-0.05, 0) is 121 Å². The van der Waals surface area contributed by atoms with Gasteiger partial charge in [0.15, 0.2) is 0 Å². The molecule has 0 saturated carbocycles. The van der Waals surface area contributed by atoms with Crippen molar-refractivity contribution >= 4 is 54.5 Å². The van der Waals surface area contributed by atoms with Crippen LogP contribution in [0.25, 0.3) is 133 Å². The van der Waals surface area contributed by atoms with Gasteiger partial charge in [0, 0.05) is 32.7 Å². The van der Waals surface area contributed by atoms with E-state index >= 15 is 0 Å². The Morgan fingerprint density at radius 1 is 0.269 bits per heavy atom. The summed E-state index contributed by atoms with van der Waals surface area (Å²) in [5.74, 6) is 0. The number of benzene rings is 11. The Labute approximate surface area is 387 Å². The van der Waals surface area contributed by atoms with Gasteiger partial charge in [-0.1, -0.05) is 188 Å². The molecular weight excluding hydrogens is 813 g/mol. The average Bonchev–Trinajstić information content (AvgIpc) is 3.79. The molecule has 0 radical (unpaired) electrons. The molecule has 0 amide bonds. The molecule has 0 unspecified atom stereocenters. The van der Waals surface area contributed by atoms with Gasteiger partial charge in [0.2, 0.25) is 0 Å². The summed E-state index contributed by atoms with van der Waals surface area (Å²) in [6.45, 7) is 0. The van der Waals surface area contributed by atoms with Crippen molar-refractivity contribution in [2.24, 2.45) is 0 Å². The average molecular weight is 853 g/mol. The van der Waals surface area contributed by atoms with Gasteiger partial charge in [-0.3, -0.25) is 4.98 Å². The number of aromatic nitrogens is 2. The van der Waals surface area contributed by atoms with E-state index in [1.165, 1.54) is 33.0 Å². The number of furan rings is 1. The van der Waals surface area contributed by atoms with Gasteiger partial charge in [0.25, 0.3) is 0 Å². The third-order valence-electron chi connectivity index (χ3n) is 13.3. The largest absolute Gasteiger partial charge is 0.455 e. The molecule has 0 fully saturated rings. The highest BCUT2D eigenvalue weighted by molar-refractivity contribution is 6.23. The lowest BCUT2D eigenvalue weighted by atomic mass is 9.92. The Balaban J connectivity index is 0.944. The molecule has 0 saturated heterocycles. The molecule has 67 heavy (non-hydrogen) atoms. The fourth-order valence-corrected chi connectivity index (χ4v) is 9.94. The van der Waals surface area contributed by atoms with Crippen molar-refractivity contribution in [3.05, 3.63) is 243 Å². The molecule has 13 rings (SSSR count). The maximum absolute atomic E-state index is 6.91. The molecular formula is C64H40N2O. The van der Waals surface area contributed by atoms with Crippen LogP contribution in [-0.4, -0.2) is 9.97 Å². The highest BCUT2D eigenvalue weighted by Crippen LogP contribution is 2.43. The van der Waals surface area contributed by atoms with Crippen molar-refractivity contribution in [3.63, 3.8) is 0 Å². The first-order chi connectivity index (χ1) is 33.2. The smallest absolute Gasteiger partial charge is 0.143 e. The molecule has 11 aromatic carbocycles. The molecule has 0 aliphatic carbocycles. The Hall–Kier alpha value is -8.92. The van der Waals surface area contributed by atoms with Crippen LogP contribution in [0.3, 0.4) is 0 Å². The van der Waals surface area contributed by atoms with Crippen molar-refractivity contribution in [2.45, 2.75) is 0 Å². The van der Waals surface area contributed by atoms with E-state index in [0.29, 0.717) is 0 Å². The van der Waals surface area contributed by atoms with Gasteiger partial charge in [-0.2, -0.15) is 0 Å². The van der Waals surface area contributed by atoms with Crippen molar-refractivity contribution in [1.82, 2.24) is 9.97 Å². The molecule has 312 valence electrons. The second-order valence-corrected chi connectivity index (χ2v) is 17.3. The number of fused-ring (bicyclic) bond motifs is 9. The van der Waals surface area contributed by atoms with E-state index in [-0.39, 0.29) is 0 Å². The molecule has 0 spiro atoms. The second kappa shape index (κ2) is 16.0. The molecule has 0 bridgehead atoms. The fraction of sp³-hybridized carbons (Fsp3) is 0. The highest BCUT2D eigenvalue weighted by Gasteiger charge is 2.18. The second-order valence-electron chi connectivity index (χ2n) is 17.3. The van der Waals surface area contributed by atoms with Crippen LogP contribution >= 0.6 is 0 Å². The molecule has 0 N–H and O–H groups in total. The van der Waals surface area contributed by atoms with Crippen LogP contribution in [-0.2, 0) is 0 Å². The van der Waals surface area contributed by atoms with Crippen molar-refractivity contribution in [2.75, 3.05) is 0 Å². The molecule has 3 nitrogen and oxygen atoms in total. The predicted octanol–water partition coefficient (Wildman–Crippen LogP) is 17.5. The summed E-state index contributed by atoms with van der Waals surface area (Å²) in [6, 6.07) is 84.5. The monoisotopic (exact) mass is 852 g/mol. The highest BCUT2D eigenvalue weighted by atomic mass is 16.3. The molecule has 0 aliphatic heterocycles. The maximum atomic E-state index is 6.91. The van der Waals surface area contributed by atoms with Crippen LogP contribution < -0.4 is 0 Å². The van der Waals surface area contributed by atoms with E-state index in [9.17, 15) is 0 Å². The van der Waals surface area contributed by atoms with Crippen LogP contribution in [0.5, 0.6) is 0 Å². The minimum atomic E-state index is 0.839. The molecule has 3 heteroatoms. The van der Waals surface area contributed by atoms with Gasteiger partial charge in [0.1, 0.15) is 11.2 Å². The van der Waals surface area contributed by atoms with Crippen LogP contribution in [0.2, 0.25) is 0 Å². The first kappa shape index (κ1) is 38.5. The zero-order valence-electron chi connectivity index (χ0n) is 36.4. The lowest BCUT2D eigenvalue weighted by Crippen LogP contribution is -1.92. The van der Waals surface area contributed by atoms with E-state index in [0.717, 1.165) is 99.5 Å². The van der Waals surface area contributed by atoms with Crippen LogP contribution in [0.4, 0.5) is 0 Å². The predicted molar refractivity (Wildman–Crippen MR) is 280 cm³/mol. The van der Waals surface area contributed by atoms with Gasteiger partial charge < -0.3 is 4.42 Å². The first-order valence-corrected chi connectivity index (χ1v) is 22.8. The lowest BCUT2D eigenvalue weighted by Gasteiger charge is -2.12. The summed E-state index contributed by atoms with van der Waals surface area (Å²) in [4.78, 5) is 10.4. The molecule has 2 aromatic heterocycles. The minimum absolute atomic E-state index is 0.839. The Kier molecular flexibility index (Phi) is 9.17. The molecule has 2 heterocycles. The SMILES string of the molecule is c1ccc(-c2cccc(-c3ccc4oc5c(-c6cccc(-c7cccc(-c8cnc9c%10ccccc%10c%10ccccc%10c9n8)c7)c6)cc(-c6cccc(-c7ccccc7)c6)cc5c4c3)c2)cc1. The summed E-state index contributed by atoms with van der Waals surface area (Å²) in [5.41, 5.74) is 19.1. The fourth-order valence-electron chi connectivity index (χ4n) is 9.94. The Morgan fingerprint density at radius 3 is 1.31 bits per heavy atom. The van der Waals surface area contributed by atoms with Crippen molar-refractivity contribution < 1.29 is 4.42 Å². The van der Waals surface area contributed by atoms with E-state index in [4.69, 9.17) is 14.4 Å².